The first-order valence-corrected chi connectivity index (χ1v) is 6.52. The van der Waals surface area contributed by atoms with Crippen LogP contribution in [0.1, 0.15) is 42.3 Å². The van der Waals surface area contributed by atoms with E-state index in [1.165, 1.54) is 0 Å². The van der Waals surface area contributed by atoms with Crippen LogP contribution in [0.3, 0.4) is 0 Å². The summed E-state index contributed by atoms with van der Waals surface area (Å²) in [5.41, 5.74) is -1.12. The van der Waals surface area contributed by atoms with Crippen molar-refractivity contribution >= 4 is 5.78 Å². The van der Waals surface area contributed by atoms with E-state index in [2.05, 4.69) is 0 Å². The number of ketones is 1. The monoisotopic (exact) mass is 262 g/mol. The zero-order valence-electron chi connectivity index (χ0n) is 11.0. The Morgan fingerprint density at radius 3 is 2.47 bits per heavy atom. The predicted octanol–water partition coefficient (Wildman–Crippen LogP) is 1.05. The molecule has 4 nitrogen and oxygen atoms in total. The Hall–Kier alpha value is -1.23. The van der Waals surface area contributed by atoms with Crippen LogP contribution in [0.4, 0.5) is 0 Å². The van der Waals surface area contributed by atoms with Crippen molar-refractivity contribution in [3.8, 4) is 0 Å². The second kappa shape index (κ2) is 3.66. The van der Waals surface area contributed by atoms with Crippen molar-refractivity contribution in [3.05, 3.63) is 35.4 Å². The summed E-state index contributed by atoms with van der Waals surface area (Å²) in [4.78, 5) is 12.6. The van der Waals surface area contributed by atoms with Gasteiger partial charge < -0.3 is 15.3 Å². The largest absolute Gasteiger partial charge is 0.390 e. The van der Waals surface area contributed by atoms with Crippen molar-refractivity contribution in [1.29, 1.82) is 0 Å². The van der Waals surface area contributed by atoms with E-state index in [1.807, 2.05) is 0 Å². The Kier molecular flexibility index (Phi) is 2.46. The van der Waals surface area contributed by atoms with Crippen LogP contribution in [0, 0.1) is 11.3 Å². The fraction of sp³-hybridized carbons (Fsp3) is 0.533. The van der Waals surface area contributed by atoms with E-state index in [-0.39, 0.29) is 11.7 Å². The number of Topliss-reactive ketones (excluding diaryl/α,β-unsaturated/α-hetero) is 1. The van der Waals surface area contributed by atoms with Gasteiger partial charge in [0.1, 0.15) is 6.10 Å². The third kappa shape index (κ3) is 1.54. The molecule has 19 heavy (non-hydrogen) atoms. The van der Waals surface area contributed by atoms with Crippen LogP contribution in [-0.2, 0) is 0 Å². The molecular weight excluding hydrogens is 244 g/mol. The first-order valence-electron chi connectivity index (χ1n) is 6.52. The van der Waals surface area contributed by atoms with Gasteiger partial charge in [-0.05, 0) is 25.8 Å². The topological polar surface area (TPSA) is 77.8 Å². The average molecular weight is 262 g/mol. The smallest absolute Gasteiger partial charge is 0.172 e. The number of rotatable bonds is 1. The Labute approximate surface area is 111 Å². The van der Waals surface area contributed by atoms with E-state index in [4.69, 9.17) is 0 Å². The summed E-state index contributed by atoms with van der Waals surface area (Å²) in [6.07, 6.45) is -1.80. The molecule has 0 saturated heterocycles. The Bertz CT molecular complexity index is 545. The first-order chi connectivity index (χ1) is 8.80. The summed E-state index contributed by atoms with van der Waals surface area (Å²) in [6, 6.07) is 6.82. The van der Waals surface area contributed by atoms with Crippen molar-refractivity contribution in [1.82, 2.24) is 0 Å². The lowest BCUT2D eigenvalue weighted by molar-refractivity contribution is -0.0490. The second-order valence-corrected chi connectivity index (χ2v) is 6.26. The van der Waals surface area contributed by atoms with E-state index >= 15 is 0 Å². The number of aliphatic hydroxyl groups excluding tert-OH is 2. The van der Waals surface area contributed by atoms with Crippen molar-refractivity contribution in [2.45, 2.75) is 38.1 Å². The minimum atomic E-state index is -1.15. The molecule has 0 radical (unpaired) electrons. The minimum absolute atomic E-state index is 0.159. The summed E-state index contributed by atoms with van der Waals surface area (Å²) < 4.78 is 0. The van der Waals surface area contributed by atoms with E-state index in [9.17, 15) is 20.1 Å². The Morgan fingerprint density at radius 1 is 1.26 bits per heavy atom. The van der Waals surface area contributed by atoms with Gasteiger partial charge in [-0.15, -0.1) is 0 Å². The van der Waals surface area contributed by atoms with Gasteiger partial charge in [-0.1, -0.05) is 24.3 Å². The van der Waals surface area contributed by atoms with E-state index in [0.717, 1.165) is 0 Å². The SMILES string of the molecule is CC(C)(O)[C@@H]1C[C@]12C(=O)c1ccccc1[C@@H](O)[C@H]2O. The van der Waals surface area contributed by atoms with Crippen LogP contribution in [-0.4, -0.2) is 32.8 Å². The van der Waals surface area contributed by atoms with Crippen LogP contribution < -0.4 is 0 Å². The zero-order chi connectivity index (χ0) is 14.0. The highest BCUT2D eigenvalue weighted by Crippen LogP contribution is 2.65. The molecule has 4 heteroatoms. The molecule has 3 rings (SSSR count). The number of benzene rings is 1. The predicted molar refractivity (Wildman–Crippen MR) is 68.6 cm³/mol. The van der Waals surface area contributed by atoms with Gasteiger partial charge in [-0.2, -0.15) is 0 Å². The lowest BCUT2D eigenvalue weighted by Crippen LogP contribution is -2.44. The molecule has 0 bridgehead atoms. The summed E-state index contributed by atoms with van der Waals surface area (Å²) in [6.45, 7) is 3.28. The maximum atomic E-state index is 12.6. The molecule has 1 aromatic carbocycles. The quantitative estimate of drug-likeness (QED) is 0.707. The van der Waals surface area contributed by atoms with Gasteiger partial charge in [-0.25, -0.2) is 0 Å². The van der Waals surface area contributed by atoms with Gasteiger partial charge in [0.05, 0.1) is 17.1 Å². The van der Waals surface area contributed by atoms with Gasteiger partial charge in [0, 0.05) is 11.5 Å². The number of fused-ring (bicyclic) bond motifs is 1. The van der Waals surface area contributed by atoms with Crippen molar-refractivity contribution < 1.29 is 20.1 Å². The van der Waals surface area contributed by atoms with E-state index < -0.39 is 23.2 Å². The van der Waals surface area contributed by atoms with Crippen molar-refractivity contribution in [2.75, 3.05) is 0 Å². The molecule has 1 spiro atoms. The molecular formula is C15H18O4. The van der Waals surface area contributed by atoms with Gasteiger partial charge in [0.25, 0.3) is 0 Å². The summed E-state index contributed by atoms with van der Waals surface area (Å²) >= 11 is 0. The molecule has 102 valence electrons. The molecule has 0 unspecified atom stereocenters. The lowest BCUT2D eigenvalue weighted by atomic mass is 9.73. The Morgan fingerprint density at radius 2 is 1.89 bits per heavy atom. The normalized spacial score (nSPS) is 37.3. The fourth-order valence-electron chi connectivity index (χ4n) is 3.54. The molecule has 4 atom stereocenters. The van der Waals surface area contributed by atoms with Crippen LogP contribution >= 0.6 is 0 Å². The third-order valence-electron chi connectivity index (χ3n) is 4.63. The molecule has 2 aliphatic carbocycles. The molecule has 2 aliphatic rings. The summed E-state index contributed by atoms with van der Waals surface area (Å²) in [5, 5.41) is 30.7. The molecule has 0 heterocycles. The standard InChI is InChI=1S/C15H18O4/c1-14(2,19)10-7-15(10)12(17)9-6-4-3-5-8(9)11(16)13(15)18/h3-6,10-11,13,16,18-19H,7H2,1-2H3/t10-,11+,13+,15+/m0/s1. The fourth-order valence-corrected chi connectivity index (χ4v) is 3.54. The minimum Gasteiger partial charge on any atom is -0.390 e. The van der Waals surface area contributed by atoms with Gasteiger partial charge in [0.2, 0.25) is 0 Å². The Balaban J connectivity index is 2.10. The molecule has 0 aliphatic heterocycles. The highest BCUT2D eigenvalue weighted by Gasteiger charge is 2.71. The zero-order valence-corrected chi connectivity index (χ0v) is 11.0. The number of carbonyl (C=O) groups is 1. The molecule has 0 amide bonds. The van der Waals surface area contributed by atoms with E-state index in [0.29, 0.717) is 17.5 Å². The molecule has 3 N–H and O–H groups in total. The number of aliphatic hydroxyl groups is 3. The highest BCUT2D eigenvalue weighted by molar-refractivity contribution is 6.05. The summed E-state index contributed by atoms with van der Waals surface area (Å²) in [7, 11) is 0. The molecule has 1 aromatic rings. The third-order valence-corrected chi connectivity index (χ3v) is 4.63. The molecule has 1 saturated carbocycles. The number of hydrogen-bond acceptors (Lipinski definition) is 4. The molecule has 1 fully saturated rings. The van der Waals surface area contributed by atoms with Gasteiger partial charge in [-0.3, -0.25) is 4.79 Å². The van der Waals surface area contributed by atoms with E-state index in [1.54, 1.807) is 38.1 Å². The van der Waals surface area contributed by atoms with Gasteiger partial charge in [0.15, 0.2) is 5.78 Å². The lowest BCUT2D eigenvalue weighted by Gasteiger charge is -2.35. The van der Waals surface area contributed by atoms with Crippen molar-refractivity contribution in [3.63, 3.8) is 0 Å². The average Bonchev–Trinajstić information content (AvgIpc) is 3.11. The van der Waals surface area contributed by atoms with Crippen LogP contribution in [0.15, 0.2) is 24.3 Å². The van der Waals surface area contributed by atoms with Crippen LogP contribution in [0.2, 0.25) is 0 Å². The van der Waals surface area contributed by atoms with Gasteiger partial charge >= 0.3 is 0 Å². The van der Waals surface area contributed by atoms with Crippen molar-refractivity contribution in [2.24, 2.45) is 11.3 Å². The maximum absolute atomic E-state index is 12.6. The highest BCUT2D eigenvalue weighted by atomic mass is 16.3. The van der Waals surface area contributed by atoms with Crippen LogP contribution in [0.5, 0.6) is 0 Å². The number of hydrogen-bond donors (Lipinski definition) is 3. The molecule has 0 aromatic heterocycles. The first kappa shape index (κ1) is 12.8. The summed E-state index contributed by atoms with van der Waals surface area (Å²) in [5.74, 6) is -0.474. The number of carbonyl (C=O) groups excluding carboxylic acids is 1. The second-order valence-electron chi connectivity index (χ2n) is 6.26. The maximum Gasteiger partial charge on any atom is 0.172 e. The van der Waals surface area contributed by atoms with Crippen LogP contribution in [0.25, 0.3) is 0 Å².